The third-order valence-electron chi connectivity index (χ3n) is 3.67. The molecule has 0 saturated carbocycles. The number of pyridine rings is 1. The maximum atomic E-state index is 13.9. The Morgan fingerprint density at radius 3 is 1.81 bits per heavy atom. The van der Waals surface area contributed by atoms with Gasteiger partial charge in [0.15, 0.2) is 0 Å². The fourth-order valence-corrected chi connectivity index (χ4v) is 2.26. The molecule has 0 unspecified atom stereocenters. The predicted molar refractivity (Wildman–Crippen MR) is 79.6 cm³/mol. The van der Waals surface area contributed by atoms with Crippen LogP contribution in [-0.2, 0) is 12.2 Å². The van der Waals surface area contributed by atoms with Gasteiger partial charge in [0.25, 0.3) is 5.91 Å². The van der Waals surface area contributed by atoms with Gasteiger partial charge in [-0.2, -0.15) is 26.3 Å². The first kappa shape index (κ1) is 20.6. The van der Waals surface area contributed by atoms with Gasteiger partial charge in [-0.05, 0) is 17.7 Å². The number of alkyl halides is 7. The van der Waals surface area contributed by atoms with Crippen molar-refractivity contribution in [2.75, 3.05) is 0 Å². The number of nitrogens with two attached hydrogens (primary N) is 1. The number of hydrazine groups is 1. The third kappa shape index (κ3) is 4.02. The van der Waals surface area contributed by atoms with Crippen molar-refractivity contribution in [3.63, 3.8) is 0 Å². The molecule has 146 valence electrons. The highest BCUT2D eigenvalue weighted by Gasteiger charge is 2.73. The minimum Gasteiger partial charge on any atom is -0.272 e. The van der Waals surface area contributed by atoms with Crippen LogP contribution in [0.25, 0.3) is 0 Å². The molecule has 0 atom stereocenters. The number of hydrogen-bond acceptors (Lipinski definition) is 3. The Morgan fingerprint density at radius 2 is 1.37 bits per heavy atom. The molecular formula is C16H12F7N3O. The van der Waals surface area contributed by atoms with Gasteiger partial charge in [-0.15, -0.1) is 0 Å². The molecule has 0 fully saturated rings. The summed E-state index contributed by atoms with van der Waals surface area (Å²) < 4.78 is 90.2. The Bertz CT molecular complexity index is 774. The monoisotopic (exact) mass is 395 g/mol. The third-order valence-corrected chi connectivity index (χ3v) is 3.67. The van der Waals surface area contributed by atoms with Gasteiger partial charge >= 0.3 is 18.0 Å². The van der Waals surface area contributed by atoms with Gasteiger partial charge < -0.3 is 0 Å². The number of benzene rings is 1. The molecule has 0 saturated heterocycles. The molecule has 0 radical (unpaired) electrons. The average molecular weight is 395 g/mol. The summed E-state index contributed by atoms with van der Waals surface area (Å²) >= 11 is 0. The number of carbonyl (C=O) groups is 1. The highest BCUT2D eigenvalue weighted by molar-refractivity contribution is 5.93. The quantitative estimate of drug-likeness (QED) is 0.370. The second-order valence-corrected chi connectivity index (χ2v) is 5.52. The Labute approximate surface area is 148 Å². The molecular weight excluding hydrogens is 383 g/mol. The normalized spacial score (nSPS) is 12.7. The molecule has 0 bridgehead atoms. The highest BCUT2D eigenvalue weighted by atomic mass is 19.4. The van der Waals surface area contributed by atoms with Crippen molar-refractivity contribution in [3.8, 4) is 0 Å². The van der Waals surface area contributed by atoms with E-state index in [-0.39, 0.29) is 17.7 Å². The molecule has 1 amide bonds. The molecule has 0 aliphatic heterocycles. The minimum absolute atomic E-state index is 0.107. The lowest BCUT2D eigenvalue weighted by atomic mass is 9.93. The first-order chi connectivity index (χ1) is 12.4. The van der Waals surface area contributed by atoms with E-state index in [0.29, 0.717) is 17.1 Å². The fourth-order valence-electron chi connectivity index (χ4n) is 2.26. The lowest BCUT2D eigenvalue weighted by Gasteiger charge is -2.30. The average Bonchev–Trinajstić information content (AvgIpc) is 2.59. The lowest BCUT2D eigenvalue weighted by Crippen LogP contribution is -2.50. The van der Waals surface area contributed by atoms with Crippen LogP contribution in [-0.4, -0.2) is 28.3 Å². The molecule has 2 aromatic rings. The second kappa shape index (κ2) is 7.14. The van der Waals surface area contributed by atoms with Crippen LogP contribution >= 0.6 is 0 Å². The van der Waals surface area contributed by atoms with Crippen LogP contribution in [0, 0.1) is 0 Å². The van der Waals surface area contributed by atoms with Crippen LogP contribution in [0.1, 0.15) is 21.5 Å². The van der Waals surface area contributed by atoms with Crippen molar-refractivity contribution in [2.45, 2.75) is 24.6 Å². The zero-order chi connectivity index (χ0) is 20.5. The van der Waals surface area contributed by atoms with Crippen molar-refractivity contribution < 1.29 is 35.5 Å². The predicted octanol–water partition coefficient (Wildman–Crippen LogP) is 3.89. The van der Waals surface area contributed by atoms with E-state index in [4.69, 9.17) is 5.84 Å². The zero-order valence-corrected chi connectivity index (χ0v) is 13.4. The number of halogens is 7. The maximum absolute atomic E-state index is 13.9. The molecule has 0 spiro atoms. The first-order valence-electron chi connectivity index (χ1n) is 7.26. The molecule has 2 rings (SSSR count). The van der Waals surface area contributed by atoms with Crippen molar-refractivity contribution >= 4 is 5.91 Å². The van der Waals surface area contributed by atoms with E-state index < -0.39 is 29.5 Å². The van der Waals surface area contributed by atoms with E-state index in [9.17, 15) is 35.5 Å². The summed E-state index contributed by atoms with van der Waals surface area (Å²) in [6.45, 7) is -0.321. The molecule has 1 aromatic carbocycles. The molecule has 11 heteroatoms. The standard InChI is InChI=1S/C16H12F7N3O/c17-14(15(18,19)20,16(21,22)23)12-3-1-10(2-4-12)9-26(24)13(27)11-5-7-25-8-6-11/h1-8H,9,24H2. The molecule has 1 heterocycles. The largest absolute Gasteiger partial charge is 0.435 e. The number of rotatable bonds is 4. The Morgan fingerprint density at radius 1 is 0.889 bits per heavy atom. The summed E-state index contributed by atoms with van der Waals surface area (Å²) in [6, 6.07) is 5.13. The molecule has 2 N–H and O–H groups in total. The summed E-state index contributed by atoms with van der Waals surface area (Å²) in [5.41, 5.74) is -6.83. The van der Waals surface area contributed by atoms with E-state index in [2.05, 4.69) is 4.98 Å². The number of nitrogens with zero attached hydrogens (tertiary/aromatic N) is 2. The van der Waals surface area contributed by atoms with Crippen LogP contribution < -0.4 is 5.84 Å². The van der Waals surface area contributed by atoms with Crippen molar-refractivity contribution in [1.82, 2.24) is 9.99 Å². The van der Waals surface area contributed by atoms with E-state index in [1.165, 1.54) is 24.5 Å². The number of carbonyl (C=O) groups excluding carboxylic acids is 1. The van der Waals surface area contributed by atoms with Gasteiger partial charge in [0.05, 0.1) is 6.54 Å². The topological polar surface area (TPSA) is 59.2 Å². The number of hydrogen-bond donors (Lipinski definition) is 1. The Hall–Kier alpha value is -2.69. The summed E-state index contributed by atoms with van der Waals surface area (Å²) in [7, 11) is 0. The zero-order valence-electron chi connectivity index (χ0n) is 13.4. The van der Waals surface area contributed by atoms with Gasteiger partial charge in [-0.1, -0.05) is 24.3 Å². The fraction of sp³-hybridized carbons (Fsp3) is 0.250. The van der Waals surface area contributed by atoms with Crippen LogP contribution in [0.4, 0.5) is 30.7 Å². The number of aromatic nitrogens is 1. The van der Waals surface area contributed by atoms with Crippen LogP contribution in [0.3, 0.4) is 0 Å². The van der Waals surface area contributed by atoms with E-state index >= 15 is 0 Å². The van der Waals surface area contributed by atoms with Crippen LogP contribution in [0.2, 0.25) is 0 Å². The number of amides is 1. The summed E-state index contributed by atoms with van der Waals surface area (Å²) in [4.78, 5) is 15.8. The van der Waals surface area contributed by atoms with Gasteiger partial charge in [-0.3, -0.25) is 14.8 Å². The molecule has 4 nitrogen and oxygen atoms in total. The van der Waals surface area contributed by atoms with E-state index in [1.807, 2.05) is 0 Å². The minimum atomic E-state index is -6.19. The van der Waals surface area contributed by atoms with E-state index in [1.54, 1.807) is 0 Å². The first-order valence-corrected chi connectivity index (χ1v) is 7.26. The summed E-state index contributed by atoms with van der Waals surface area (Å²) in [5, 5.41) is 0.709. The molecule has 0 aliphatic carbocycles. The van der Waals surface area contributed by atoms with Gasteiger partial charge in [0.2, 0.25) is 0 Å². The summed E-state index contributed by atoms with van der Waals surface area (Å²) in [5.74, 6) is 4.93. The van der Waals surface area contributed by atoms with Gasteiger partial charge in [0.1, 0.15) is 0 Å². The maximum Gasteiger partial charge on any atom is 0.435 e. The smallest absolute Gasteiger partial charge is 0.272 e. The molecule has 0 aliphatic rings. The van der Waals surface area contributed by atoms with Crippen molar-refractivity contribution in [3.05, 3.63) is 65.5 Å². The second-order valence-electron chi connectivity index (χ2n) is 5.52. The van der Waals surface area contributed by atoms with Crippen molar-refractivity contribution in [1.29, 1.82) is 0 Å². The molecule has 1 aromatic heterocycles. The van der Waals surface area contributed by atoms with Gasteiger partial charge in [0, 0.05) is 23.5 Å². The van der Waals surface area contributed by atoms with Crippen LogP contribution in [0.5, 0.6) is 0 Å². The Kier molecular flexibility index (Phi) is 5.45. The van der Waals surface area contributed by atoms with Crippen LogP contribution in [0.15, 0.2) is 48.8 Å². The van der Waals surface area contributed by atoms with Gasteiger partial charge in [-0.25, -0.2) is 10.2 Å². The van der Waals surface area contributed by atoms with Crippen molar-refractivity contribution in [2.24, 2.45) is 5.84 Å². The summed E-state index contributed by atoms with van der Waals surface area (Å²) in [6.07, 6.45) is -9.70. The highest BCUT2D eigenvalue weighted by Crippen LogP contribution is 2.53. The lowest BCUT2D eigenvalue weighted by molar-refractivity contribution is -0.348. The van der Waals surface area contributed by atoms with E-state index in [0.717, 1.165) is 12.1 Å². The SMILES string of the molecule is NN(Cc1ccc(C(F)(C(F)(F)F)C(F)(F)F)cc1)C(=O)c1ccncc1. The Balaban J connectivity index is 2.23. The molecule has 27 heavy (non-hydrogen) atoms.